The first-order valence-electron chi connectivity index (χ1n) is 11.0. The van der Waals surface area contributed by atoms with Crippen LogP contribution in [0.3, 0.4) is 0 Å². The lowest BCUT2D eigenvalue weighted by atomic mass is 10.1. The molecule has 1 saturated carbocycles. The van der Waals surface area contributed by atoms with E-state index >= 15 is 0 Å². The van der Waals surface area contributed by atoms with Gasteiger partial charge in [-0.15, -0.1) is 5.10 Å². The molecular weight excluding hydrogens is 422 g/mol. The van der Waals surface area contributed by atoms with Crippen molar-refractivity contribution in [2.75, 3.05) is 0 Å². The first-order chi connectivity index (χ1) is 15.9. The zero-order chi connectivity index (χ0) is 23.1. The number of carbonyl (C=O) groups excluding carboxylic acids is 2. The second kappa shape index (κ2) is 8.16. The quantitative estimate of drug-likeness (QED) is 0.472. The van der Waals surface area contributed by atoms with Crippen molar-refractivity contribution >= 4 is 28.4 Å². The number of fused-ring (bicyclic) bond motifs is 3. The number of Topliss-reactive ketones (excluding diaryl/α,β-unsaturated/α-hetero) is 1. The standard InChI is InChI=1S/C24H23N5O4/c1-27-22(32)18-12-11-16(21(31)25-17-9-5-6-10-17)13-19(18)29-23(27)26-28(24(29)33)14-20(30)15-7-3-2-4-8-15/h2-4,7-8,11-13,17H,5-6,9-10,14H2,1H3,(H,25,31). The lowest BCUT2D eigenvalue weighted by molar-refractivity contribution is 0.0936. The van der Waals surface area contributed by atoms with Crippen LogP contribution in [0.2, 0.25) is 0 Å². The summed E-state index contributed by atoms with van der Waals surface area (Å²) < 4.78 is 3.60. The molecule has 2 aromatic heterocycles. The molecule has 0 bridgehead atoms. The van der Waals surface area contributed by atoms with E-state index in [1.165, 1.54) is 16.0 Å². The highest BCUT2D eigenvalue weighted by molar-refractivity contribution is 5.98. The van der Waals surface area contributed by atoms with Gasteiger partial charge in [-0.2, -0.15) is 0 Å². The predicted molar refractivity (Wildman–Crippen MR) is 123 cm³/mol. The van der Waals surface area contributed by atoms with E-state index < -0.39 is 5.69 Å². The molecule has 1 fully saturated rings. The van der Waals surface area contributed by atoms with Crippen LogP contribution in [0, 0.1) is 0 Å². The Hall–Kier alpha value is -4.01. The third-order valence-corrected chi connectivity index (χ3v) is 6.24. The predicted octanol–water partition coefficient (Wildman–Crippen LogP) is 1.90. The maximum absolute atomic E-state index is 13.2. The van der Waals surface area contributed by atoms with Crippen molar-refractivity contribution in [3.8, 4) is 0 Å². The summed E-state index contributed by atoms with van der Waals surface area (Å²) in [5.74, 6) is -0.406. The summed E-state index contributed by atoms with van der Waals surface area (Å²) in [4.78, 5) is 51.5. The Bertz CT molecular complexity index is 1510. The molecule has 5 rings (SSSR count). The SMILES string of the molecule is Cn1c(=O)c2ccc(C(=O)NC3CCCC3)cc2n2c(=O)n(CC(=O)c3ccccc3)nc12. The van der Waals surface area contributed by atoms with Gasteiger partial charge in [0.05, 0.1) is 10.9 Å². The van der Waals surface area contributed by atoms with E-state index in [1.54, 1.807) is 48.5 Å². The van der Waals surface area contributed by atoms with Crippen LogP contribution in [0.25, 0.3) is 16.7 Å². The number of nitrogens with one attached hydrogen (secondary N) is 1. The van der Waals surface area contributed by atoms with Crippen molar-refractivity contribution in [2.45, 2.75) is 38.3 Å². The molecule has 2 heterocycles. The van der Waals surface area contributed by atoms with Crippen molar-refractivity contribution < 1.29 is 9.59 Å². The molecule has 168 valence electrons. The van der Waals surface area contributed by atoms with E-state index in [2.05, 4.69) is 10.4 Å². The molecule has 1 aliphatic rings. The van der Waals surface area contributed by atoms with Crippen LogP contribution in [-0.2, 0) is 13.6 Å². The summed E-state index contributed by atoms with van der Waals surface area (Å²) in [5, 5.41) is 7.57. The molecule has 9 heteroatoms. The Morgan fingerprint density at radius 3 is 2.48 bits per heavy atom. The zero-order valence-corrected chi connectivity index (χ0v) is 18.2. The van der Waals surface area contributed by atoms with E-state index in [0.717, 1.165) is 30.4 Å². The van der Waals surface area contributed by atoms with Crippen molar-refractivity contribution in [3.05, 3.63) is 80.5 Å². The molecule has 1 amide bonds. The van der Waals surface area contributed by atoms with Gasteiger partial charge in [-0.3, -0.25) is 19.0 Å². The van der Waals surface area contributed by atoms with Gasteiger partial charge in [0.1, 0.15) is 6.54 Å². The first kappa shape index (κ1) is 20.9. The summed E-state index contributed by atoms with van der Waals surface area (Å²) in [6.07, 6.45) is 4.09. The van der Waals surface area contributed by atoms with Crippen LogP contribution in [0.5, 0.6) is 0 Å². The van der Waals surface area contributed by atoms with Gasteiger partial charge in [0.15, 0.2) is 5.78 Å². The number of aryl methyl sites for hydroxylation is 1. The number of rotatable bonds is 5. The maximum Gasteiger partial charge on any atom is 0.352 e. The molecule has 2 aromatic carbocycles. The number of carbonyl (C=O) groups is 2. The Balaban J connectivity index is 1.60. The Kier molecular flexibility index (Phi) is 5.16. The van der Waals surface area contributed by atoms with Gasteiger partial charge in [-0.25, -0.2) is 13.9 Å². The smallest absolute Gasteiger partial charge is 0.349 e. The molecule has 0 unspecified atom stereocenters. The fourth-order valence-electron chi connectivity index (χ4n) is 4.43. The average molecular weight is 445 g/mol. The second-order valence-electron chi connectivity index (χ2n) is 8.42. The fourth-order valence-corrected chi connectivity index (χ4v) is 4.43. The molecule has 1 aliphatic carbocycles. The summed E-state index contributed by atoms with van der Waals surface area (Å²) in [5.41, 5.74) is 0.223. The van der Waals surface area contributed by atoms with Gasteiger partial charge in [-0.1, -0.05) is 43.2 Å². The van der Waals surface area contributed by atoms with Gasteiger partial charge in [0.2, 0.25) is 5.78 Å². The summed E-state index contributed by atoms with van der Waals surface area (Å²) in [6, 6.07) is 13.5. The minimum Gasteiger partial charge on any atom is -0.349 e. The third kappa shape index (κ3) is 3.65. The lowest BCUT2D eigenvalue weighted by Crippen LogP contribution is -2.32. The number of hydrogen-bond acceptors (Lipinski definition) is 5. The van der Waals surface area contributed by atoms with Crippen molar-refractivity contribution in [2.24, 2.45) is 7.05 Å². The van der Waals surface area contributed by atoms with Gasteiger partial charge >= 0.3 is 5.69 Å². The van der Waals surface area contributed by atoms with Crippen molar-refractivity contribution in [1.82, 2.24) is 24.1 Å². The minimum absolute atomic E-state index is 0.103. The number of aromatic nitrogens is 4. The molecule has 0 radical (unpaired) electrons. The number of nitrogens with zero attached hydrogens (tertiary/aromatic N) is 4. The van der Waals surface area contributed by atoms with Crippen molar-refractivity contribution in [3.63, 3.8) is 0 Å². The topological polar surface area (TPSA) is 107 Å². The van der Waals surface area contributed by atoms with Crippen LogP contribution in [-0.4, -0.2) is 36.5 Å². The number of hydrogen-bond donors (Lipinski definition) is 1. The van der Waals surface area contributed by atoms with Crippen LogP contribution >= 0.6 is 0 Å². The highest BCUT2D eigenvalue weighted by Crippen LogP contribution is 2.19. The lowest BCUT2D eigenvalue weighted by Gasteiger charge is -2.12. The van der Waals surface area contributed by atoms with Gasteiger partial charge < -0.3 is 5.32 Å². The summed E-state index contributed by atoms with van der Waals surface area (Å²) >= 11 is 0. The number of benzene rings is 2. The molecule has 1 N–H and O–H groups in total. The largest absolute Gasteiger partial charge is 0.352 e. The third-order valence-electron chi connectivity index (χ3n) is 6.24. The monoisotopic (exact) mass is 445 g/mol. The number of ketones is 1. The van der Waals surface area contributed by atoms with E-state index in [0.29, 0.717) is 16.5 Å². The van der Waals surface area contributed by atoms with Crippen LogP contribution < -0.4 is 16.6 Å². The van der Waals surface area contributed by atoms with Crippen LogP contribution in [0.4, 0.5) is 0 Å². The molecule has 0 aliphatic heterocycles. The average Bonchev–Trinajstić information content (AvgIpc) is 3.45. The van der Waals surface area contributed by atoms with Crippen molar-refractivity contribution in [1.29, 1.82) is 0 Å². The van der Waals surface area contributed by atoms with Gasteiger partial charge in [0.25, 0.3) is 11.5 Å². The summed E-state index contributed by atoms with van der Waals surface area (Å²) in [7, 11) is 1.52. The minimum atomic E-state index is -0.553. The first-order valence-corrected chi connectivity index (χ1v) is 11.0. The molecule has 0 atom stereocenters. The van der Waals surface area contributed by atoms with E-state index in [-0.39, 0.29) is 41.1 Å². The number of amides is 1. The molecule has 0 saturated heterocycles. The van der Waals surface area contributed by atoms with Gasteiger partial charge in [0, 0.05) is 24.2 Å². The molecular formula is C24H23N5O4. The van der Waals surface area contributed by atoms with Crippen LogP contribution in [0.1, 0.15) is 46.4 Å². The van der Waals surface area contributed by atoms with Gasteiger partial charge in [-0.05, 0) is 31.0 Å². The van der Waals surface area contributed by atoms with E-state index in [4.69, 9.17) is 0 Å². The Labute approximate surface area is 188 Å². The summed E-state index contributed by atoms with van der Waals surface area (Å²) in [6.45, 7) is -0.262. The molecule has 9 nitrogen and oxygen atoms in total. The molecule has 33 heavy (non-hydrogen) atoms. The molecule has 4 aromatic rings. The fraction of sp³-hybridized carbons (Fsp3) is 0.292. The Morgan fingerprint density at radius 2 is 1.76 bits per heavy atom. The normalized spacial score (nSPS) is 14.2. The maximum atomic E-state index is 13.2. The Morgan fingerprint density at radius 1 is 1.03 bits per heavy atom. The highest BCUT2D eigenvalue weighted by Gasteiger charge is 2.21. The van der Waals surface area contributed by atoms with E-state index in [9.17, 15) is 19.2 Å². The van der Waals surface area contributed by atoms with Crippen LogP contribution in [0.15, 0.2) is 58.1 Å². The molecule has 0 spiro atoms. The highest BCUT2D eigenvalue weighted by atomic mass is 16.2. The van der Waals surface area contributed by atoms with E-state index in [1.807, 2.05) is 0 Å². The zero-order valence-electron chi connectivity index (χ0n) is 18.2. The second-order valence-corrected chi connectivity index (χ2v) is 8.42.